The first kappa shape index (κ1) is 107. The molecule has 0 spiro atoms. The fraction of sp³-hybridized carbons (Fsp3) is 0.364. The Labute approximate surface area is 859 Å². The molecule has 14 rings (SSSR count). The van der Waals surface area contributed by atoms with Gasteiger partial charge in [-0.25, -0.2) is 0 Å². The van der Waals surface area contributed by atoms with Crippen molar-refractivity contribution in [2.45, 2.75) is 257 Å². The number of ether oxygens (including phenoxy) is 4. The maximum absolute atomic E-state index is 15.0. The number of hydrogen-bond acceptors (Lipinski definition) is 8. The summed E-state index contributed by atoms with van der Waals surface area (Å²) in [5, 5.41) is 13.0. The molecule has 2 aliphatic carbocycles. The molecule has 12 aromatic rings. The van der Waals surface area contributed by atoms with Crippen molar-refractivity contribution in [2.24, 2.45) is 23.7 Å². The van der Waals surface area contributed by atoms with Crippen LogP contribution in [0.4, 0.5) is 22.7 Å². The van der Waals surface area contributed by atoms with E-state index >= 15 is 0 Å². The van der Waals surface area contributed by atoms with Crippen molar-refractivity contribution < 1.29 is 38.1 Å². The van der Waals surface area contributed by atoms with Crippen LogP contribution in [0, 0.1) is 71.0 Å². The van der Waals surface area contributed by atoms with Gasteiger partial charge in [0.2, 0.25) is 23.6 Å². The molecule has 12 aromatic carbocycles. The second-order valence-electron chi connectivity index (χ2n) is 38.5. The number of benzene rings is 12. The van der Waals surface area contributed by atoms with Crippen molar-refractivity contribution in [2.75, 3.05) is 47.7 Å². The first-order valence-electron chi connectivity index (χ1n) is 53.8. The quantitative estimate of drug-likeness (QED) is 0.0217. The number of carbonyl (C=O) groups excluding carboxylic acids is 4. The summed E-state index contributed by atoms with van der Waals surface area (Å²) in [6, 6.07) is 103. The van der Waals surface area contributed by atoms with Crippen molar-refractivity contribution >= 4 is 46.4 Å². The van der Waals surface area contributed by atoms with E-state index < -0.39 is 47.3 Å². The zero-order valence-electron chi connectivity index (χ0n) is 85.4. The van der Waals surface area contributed by atoms with Gasteiger partial charge in [0.05, 0.1) is 50.1 Å². The van der Waals surface area contributed by atoms with Gasteiger partial charge in [-0.1, -0.05) is 401 Å². The molecule has 0 aliphatic heterocycles. The summed E-state index contributed by atoms with van der Waals surface area (Å²) >= 11 is 0. The van der Waals surface area contributed by atoms with E-state index in [1.165, 1.54) is 154 Å². The van der Waals surface area contributed by atoms with E-state index in [1.807, 2.05) is 291 Å². The van der Waals surface area contributed by atoms with E-state index in [4.69, 9.17) is 18.9 Å². The molecule has 144 heavy (non-hydrogen) atoms. The maximum atomic E-state index is 15.0. The highest BCUT2D eigenvalue weighted by molar-refractivity contribution is 6.02. The molecule has 0 heterocycles. The molecule has 0 saturated heterocycles. The van der Waals surface area contributed by atoms with Crippen LogP contribution in [0.15, 0.2) is 315 Å². The molecular weight excluding hydrogens is 1770 g/mol. The van der Waals surface area contributed by atoms with Crippen molar-refractivity contribution in [3.63, 3.8) is 0 Å². The fourth-order valence-corrected chi connectivity index (χ4v) is 19.7. The molecule has 0 aromatic heterocycles. The number of carbonyl (C=O) groups is 4. The van der Waals surface area contributed by atoms with Crippen LogP contribution in [-0.2, 0) is 19.2 Å². The summed E-state index contributed by atoms with van der Waals surface area (Å²) in [7, 11) is 0. The first-order chi connectivity index (χ1) is 71.0. The summed E-state index contributed by atoms with van der Waals surface area (Å²) in [4.78, 5) is 59.5. The summed E-state index contributed by atoms with van der Waals surface area (Å²) in [6.45, 7) is 11.6. The van der Waals surface area contributed by atoms with Gasteiger partial charge in [0, 0.05) is 68.7 Å². The number of nitrogens with one attached hydrogen (secondary N) is 4. The molecule has 2 aliphatic rings. The van der Waals surface area contributed by atoms with Crippen LogP contribution in [0.25, 0.3) is 22.3 Å². The molecule has 2 fully saturated rings. The topological polar surface area (TPSA) is 153 Å². The molecule has 0 unspecified atom stereocenters. The minimum Gasteiger partial charge on any atom is -0.494 e. The van der Waals surface area contributed by atoms with Crippen LogP contribution >= 0.6 is 0 Å². The lowest BCUT2D eigenvalue weighted by molar-refractivity contribution is -0.136. The molecule has 4 amide bonds. The van der Waals surface area contributed by atoms with Crippen LogP contribution in [-0.4, -0.2) is 50.1 Å². The van der Waals surface area contributed by atoms with Gasteiger partial charge in [0.15, 0.2) is 0 Å². The van der Waals surface area contributed by atoms with Crippen LogP contribution in [0.2, 0.25) is 0 Å². The number of amides is 4. The Kier molecular flexibility index (Phi) is 45.5. The standard InChI is InChI=1S/C74H82N2O4.C58H66N2O4/c1-3-5-7-9-11-13-15-17-19-31-57-79-67-53-45-63(46-54-67)69-71(73(77)75-65-49-41-61(42-50-65)39-29-27-37-59-33-23-21-24-34-59)70(64-47-55-68(56-48-64)80-58-32-20-18-16-14-12-10-8-6-4-2)72(69)74(78)76-66-51-43-62(44-52-66)40-30-28-38-60-35-25-22-26-36-60;1-3-5-7-9-11-19-41-63-51-37-29-47(30-38-51)53-55(57(61)59-49-33-25-45(26-34-49)43-21-15-13-16-22-43)54(48-31-39-52(40-32-48)64-42-20-12-10-8-6-4-2)56(53)58(62)60-50-35-27-46(28-36-50)44-23-17-14-18-24-44/h21-26,33-36,41-56,69-72H,3-20,31-32,57-58H2,1-2H3,(H,75,77)(H,76,78);13-18,21-40,53-56H,3-12,19-20,41-42H2,1-2H3,(H,59,61)(H,60,62). The third-order valence-corrected chi connectivity index (χ3v) is 27.8. The minimum absolute atomic E-state index is 0.120. The van der Waals surface area contributed by atoms with Crippen molar-refractivity contribution in [1.82, 2.24) is 0 Å². The van der Waals surface area contributed by atoms with Gasteiger partial charge in [-0.3, -0.25) is 19.2 Å². The summed E-state index contributed by atoms with van der Waals surface area (Å²) in [6.07, 6.45) is 39.6. The van der Waals surface area contributed by atoms with Crippen LogP contribution in [0.3, 0.4) is 0 Å². The van der Waals surface area contributed by atoms with Gasteiger partial charge < -0.3 is 40.2 Å². The lowest BCUT2D eigenvalue weighted by Gasteiger charge is -2.50. The Morgan fingerprint density at radius 2 is 0.382 bits per heavy atom. The van der Waals surface area contributed by atoms with Gasteiger partial charge in [-0.15, -0.1) is 0 Å². The first-order valence-corrected chi connectivity index (χ1v) is 53.8. The Balaban J connectivity index is 0.000000247. The number of anilines is 4. The monoisotopic (exact) mass is 1920 g/mol. The molecule has 12 heteroatoms. The van der Waals surface area contributed by atoms with Crippen LogP contribution < -0.4 is 40.2 Å². The molecule has 4 N–H and O–H groups in total. The third-order valence-electron chi connectivity index (χ3n) is 27.8. The van der Waals surface area contributed by atoms with Crippen molar-refractivity contribution in [3.8, 4) is 92.6 Å². The zero-order valence-corrected chi connectivity index (χ0v) is 85.4. The molecule has 744 valence electrons. The Morgan fingerprint density at radius 3 is 0.597 bits per heavy atom. The Bertz CT molecular complexity index is 5680. The largest absolute Gasteiger partial charge is 0.494 e. The minimum atomic E-state index is -0.593. The van der Waals surface area contributed by atoms with Gasteiger partial charge in [0.1, 0.15) is 23.0 Å². The zero-order chi connectivity index (χ0) is 100. The van der Waals surface area contributed by atoms with E-state index in [-0.39, 0.29) is 23.6 Å². The predicted molar refractivity (Wildman–Crippen MR) is 595 cm³/mol. The summed E-state index contributed by atoms with van der Waals surface area (Å²) in [5.74, 6) is 22.8. The lowest BCUT2D eigenvalue weighted by atomic mass is 9.52. The normalized spacial score (nSPS) is 15.7. The summed E-state index contributed by atoms with van der Waals surface area (Å²) < 4.78 is 24.9. The fourth-order valence-electron chi connectivity index (χ4n) is 19.7. The number of hydrogen-bond donors (Lipinski definition) is 4. The lowest BCUT2D eigenvalue weighted by Crippen LogP contribution is -2.53. The SMILES string of the molecule is CCCCCCCCCCCCOc1ccc(C2C(C(=O)Nc3ccc(C#CC#Cc4ccccc4)cc3)C(c3ccc(OCCCCCCCCCCCC)cc3)C2C(=O)Nc2ccc(C#CC#Cc3ccccc3)cc2)cc1.CCCCCCCCOc1ccc(C2C(C(=O)Nc3ccc(-c4ccccc4)cc3)C(c3ccc(OCCCCCCCC)cc3)C2C(=O)Nc2ccc(-c3ccccc3)cc2)cc1. The van der Waals surface area contributed by atoms with Crippen molar-refractivity contribution in [3.05, 3.63) is 360 Å². The number of rotatable bonds is 54. The molecule has 12 nitrogen and oxygen atoms in total. The van der Waals surface area contributed by atoms with E-state index in [0.29, 0.717) is 49.2 Å². The van der Waals surface area contributed by atoms with Crippen LogP contribution in [0.1, 0.15) is 301 Å². The Morgan fingerprint density at radius 1 is 0.201 bits per heavy atom. The highest BCUT2D eigenvalue weighted by atomic mass is 16.5. The van der Waals surface area contributed by atoms with Crippen molar-refractivity contribution in [1.29, 1.82) is 0 Å². The molecular formula is C132H148N4O8. The van der Waals surface area contributed by atoms with E-state index in [1.54, 1.807) is 0 Å². The molecule has 0 atom stereocenters. The van der Waals surface area contributed by atoms with Gasteiger partial charge in [-0.05, 0) is 239 Å². The third kappa shape index (κ3) is 34.7. The van der Waals surface area contributed by atoms with Gasteiger partial charge in [-0.2, -0.15) is 0 Å². The molecule has 0 radical (unpaired) electrons. The second kappa shape index (κ2) is 61.1. The van der Waals surface area contributed by atoms with E-state index in [9.17, 15) is 19.2 Å². The smallest absolute Gasteiger partial charge is 0.228 e. The number of unbranched alkanes of at least 4 members (excludes halogenated alkanes) is 28. The van der Waals surface area contributed by atoms with E-state index in [0.717, 1.165) is 141 Å². The van der Waals surface area contributed by atoms with E-state index in [2.05, 4.69) is 121 Å². The van der Waals surface area contributed by atoms with Gasteiger partial charge >= 0.3 is 0 Å². The van der Waals surface area contributed by atoms with Gasteiger partial charge in [0.25, 0.3) is 0 Å². The Hall–Kier alpha value is -14.0. The predicted octanol–water partition coefficient (Wildman–Crippen LogP) is 32.4. The molecule has 0 bridgehead atoms. The average Bonchev–Trinajstić information content (AvgIpc) is 0.721. The molecule has 2 saturated carbocycles. The van der Waals surface area contributed by atoms with Crippen LogP contribution in [0.5, 0.6) is 23.0 Å². The maximum Gasteiger partial charge on any atom is 0.228 e. The summed E-state index contributed by atoms with van der Waals surface area (Å²) in [5.41, 5.74) is 14.1. The second-order valence-corrected chi connectivity index (χ2v) is 38.5. The highest BCUT2D eigenvalue weighted by Gasteiger charge is 2.59. The average molecular weight is 1920 g/mol. The highest BCUT2D eigenvalue weighted by Crippen LogP contribution is 2.60.